The van der Waals surface area contributed by atoms with Gasteiger partial charge in [-0.2, -0.15) is 0 Å². The molecule has 0 aromatic heterocycles. The molecule has 0 radical (unpaired) electrons. The van der Waals surface area contributed by atoms with Crippen LogP contribution in [-0.4, -0.2) is 25.2 Å². The van der Waals surface area contributed by atoms with E-state index in [1.165, 1.54) is 11.1 Å². The third kappa shape index (κ3) is 2.35. The summed E-state index contributed by atoms with van der Waals surface area (Å²) in [6, 6.07) is 4.03. The van der Waals surface area contributed by atoms with Crippen LogP contribution >= 0.6 is 23.2 Å². The first-order valence-electron chi connectivity index (χ1n) is 6.76. The van der Waals surface area contributed by atoms with Crippen LogP contribution in [0.25, 0.3) is 0 Å². The van der Waals surface area contributed by atoms with E-state index in [9.17, 15) is 0 Å². The zero-order valence-corrected chi connectivity index (χ0v) is 12.6. The second-order valence-corrected chi connectivity index (χ2v) is 6.29. The topological polar surface area (TPSA) is 18.5 Å². The van der Waals surface area contributed by atoms with Gasteiger partial charge in [0.1, 0.15) is 5.75 Å². The molecule has 2 aliphatic rings. The van der Waals surface area contributed by atoms with Crippen LogP contribution in [0.4, 0.5) is 0 Å². The molecule has 0 bridgehead atoms. The lowest BCUT2D eigenvalue weighted by atomic mass is 9.77. The van der Waals surface area contributed by atoms with Gasteiger partial charge in [0, 0.05) is 29.3 Å². The molecule has 19 heavy (non-hydrogen) atoms. The lowest BCUT2D eigenvalue weighted by Gasteiger charge is -2.30. The van der Waals surface area contributed by atoms with E-state index in [-0.39, 0.29) is 11.5 Å². The van der Waals surface area contributed by atoms with Gasteiger partial charge in [0.25, 0.3) is 0 Å². The maximum atomic E-state index is 6.25. The van der Waals surface area contributed by atoms with Crippen LogP contribution in [0.2, 0.25) is 5.02 Å². The average molecular weight is 301 g/mol. The summed E-state index contributed by atoms with van der Waals surface area (Å²) in [7, 11) is 0. The molecular formula is C15H18Cl2O2. The van der Waals surface area contributed by atoms with E-state index in [2.05, 4.69) is 6.92 Å². The van der Waals surface area contributed by atoms with E-state index in [4.69, 9.17) is 32.7 Å². The van der Waals surface area contributed by atoms with Crippen molar-refractivity contribution in [2.75, 3.05) is 19.1 Å². The number of benzene rings is 1. The predicted octanol–water partition coefficient (Wildman–Crippen LogP) is 3.85. The van der Waals surface area contributed by atoms with E-state index in [0.29, 0.717) is 5.88 Å². The van der Waals surface area contributed by atoms with Crippen molar-refractivity contribution in [2.45, 2.75) is 32.3 Å². The summed E-state index contributed by atoms with van der Waals surface area (Å²) >= 11 is 12.5. The highest BCUT2D eigenvalue weighted by Crippen LogP contribution is 2.43. The number of fused-ring (bicyclic) bond motifs is 1. The minimum Gasteiger partial charge on any atom is -0.493 e. The Kier molecular flexibility index (Phi) is 3.67. The first-order chi connectivity index (χ1) is 9.14. The molecule has 4 heteroatoms. The minimum atomic E-state index is 0.00591. The Bertz CT molecular complexity index is 489. The van der Waals surface area contributed by atoms with Crippen LogP contribution < -0.4 is 4.74 Å². The van der Waals surface area contributed by atoms with Gasteiger partial charge in [-0.1, -0.05) is 11.6 Å². The van der Waals surface area contributed by atoms with Crippen LogP contribution in [0.1, 0.15) is 24.5 Å². The van der Waals surface area contributed by atoms with Crippen LogP contribution in [-0.2, 0) is 17.6 Å². The normalized spacial score (nSPS) is 29.3. The summed E-state index contributed by atoms with van der Waals surface area (Å²) in [6.45, 7) is 3.65. The number of hydrogen-bond donors (Lipinski definition) is 0. The molecule has 0 aliphatic carbocycles. The predicted molar refractivity (Wildman–Crippen MR) is 77.5 cm³/mol. The molecule has 3 rings (SSSR count). The fraction of sp³-hybridized carbons (Fsp3) is 0.600. The quantitative estimate of drug-likeness (QED) is 0.790. The number of ether oxygens (including phenoxy) is 2. The highest BCUT2D eigenvalue weighted by molar-refractivity contribution is 6.30. The van der Waals surface area contributed by atoms with Crippen molar-refractivity contribution in [3.05, 3.63) is 28.3 Å². The average Bonchev–Trinajstić information content (AvgIpc) is 2.97. The van der Waals surface area contributed by atoms with E-state index in [0.717, 1.165) is 43.2 Å². The van der Waals surface area contributed by atoms with E-state index < -0.39 is 0 Å². The molecule has 2 nitrogen and oxygen atoms in total. The Morgan fingerprint density at radius 3 is 2.89 bits per heavy atom. The van der Waals surface area contributed by atoms with Gasteiger partial charge in [-0.05, 0) is 43.0 Å². The van der Waals surface area contributed by atoms with Crippen LogP contribution in [0, 0.1) is 5.41 Å². The Hall–Kier alpha value is -0.440. The van der Waals surface area contributed by atoms with E-state index >= 15 is 0 Å². The Labute approximate surface area is 124 Å². The molecule has 1 aromatic carbocycles. The second kappa shape index (κ2) is 5.16. The zero-order chi connectivity index (χ0) is 13.5. The fourth-order valence-electron chi connectivity index (χ4n) is 3.13. The van der Waals surface area contributed by atoms with Gasteiger partial charge in [0.15, 0.2) is 0 Å². The molecule has 1 aromatic rings. The van der Waals surface area contributed by atoms with Gasteiger partial charge in [0.05, 0.1) is 12.7 Å². The number of halogens is 2. The maximum absolute atomic E-state index is 6.25. The zero-order valence-electron chi connectivity index (χ0n) is 11.0. The van der Waals surface area contributed by atoms with Crippen molar-refractivity contribution in [2.24, 2.45) is 5.41 Å². The summed E-state index contributed by atoms with van der Waals surface area (Å²) in [6.07, 6.45) is 3.00. The van der Waals surface area contributed by atoms with Crippen molar-refractivity contribution in [3.63, 3.8) is 0 Å². The van der Waals surface area contributed by atoms with Crippen molar-refractivity contribution >= 4 is 23.2 Å². The van der Waals surface area contributed by atoms with Gasteiger partial charge in [0.2, 0.25) is 0 Å². The standard InChI is InChI=1S/C15H18Cl2O2/c1-10-15(9-16,3-5-18-10)8-12-7-13(17)6-11-2-4-19-14(11)12/h6-7,10H,2-5,8-9H2,1H3. The smallest absolute Gasteiger partial charge is 0.125 e. The lowest BCUT2D eigenvalue weighted by Crippen LogP contribution is -2.33. The summed E-state index contributed by atoms with van der Waals surface area (Å²) < 4.78 is 11.5. The van der Waals surface area contributed by atoms with Gasteiger partial charge in [-0.15, -0.1) is 11.6 Å². The Morgan fingerprint density at radius 2 is 2.21 bits per heavy atom. The number of rotatable bonds is 3. The van der Waals surface area contributed by atoms with Crippen molar-refractivity contribution < 1.29 is 9.47 Å². The molecule has 2 unspecified atom stereocenters. The van der Waals surface area contributed by atoms with Crippen molar-refractivity contribution in [3.8, 4) is 5.75 Å². The molecule has 0 amide bonds. The highest BCUT2D eigenvalue weighted by Gasteiger charge is 2.41. The Morgan fingerprint density at radius 1 is 1.37 bits per heavy atom. The number of hydrogen-bond acceptors (Lipinski definition) is 2. The molecule has 0 spiro atoms. The molecule has 104 valence electrons. The molecule has 0 saturated carbocycles. The number of alkyl halides is 1. The van der Waals surface area contributed by atoms with Gasteiger partial charge in [-0.25, -0.2) is 0 Å². The van der Waals surface area contributed by atoms with Crippen molar-refractivity contribution in [1.29, 1.82) is 0 Å². The second-order valence-electron chi connectivity index (χ2n) is 5.59. The molecule has 0 N–H and O–H groups in total. The molecular weight excluding hydrogens is 283 g/mol. The third-order valence-electron chi connectivity index (χ3n) is 4.46. The first-order valence-corrected chi connectivity index (χ1v) is 7.67. The third-order valence-corrected chi connectivity index (χ3v) is 5.21. The lowest BCUT2D eigenvalue weighted by molar-refractivity contribution is 0.0733. The van der Waals surface area contributed by atoms with Crippen molar-refractivity contribution in [1.82, 2.24) is 0 Å². The SMILES string of the molecule is CC1OCCC1(CCl)Cc1cc(Cl)cc2c1OCC2. The molecule has 1 saturated heterocycles. The molecule has 2 atom stereocenters. The fourth-order valence-corrected chi connectivity index (χ4v) is 3.84. The molecule has 1 fully saturated rings. The van der Waals surface area contributed by atoms with Gasteiger partial charge in [-0.3, -0.25) is 0 Å². The molecule has 2 aliphatic heterocycles. The van der Waals surface area contributed by atoms with E-state index in [1.54, 1.807) is 0 Å². The Balaban J connectivity index is 1.95. The summed E-state index contributed by atoms with van der Waals surface area (Å²) in [4.78, 5) is 0. The van der Waals surface area contributed by atoms with E-state index in [1.807, 2.05) is 12.1 Å². The monoisotopic (exact) mass is 300 g/mol. The summed E-state index contributed by atoms with van der Waals surface area (Å²) in [5, 5.41) is 0.788. The highest BCUT2D eigenvalue weighted by atomic mass is 35.5. The largest absolute Gasteiger partial charge is 0.493 e. The van der Waals surface area contributed by atoms with Crippen LogP contribution in [0.5, 0.6) is 5.75 Å². The first kappa shape index (κ1) is 13.5. The maximum Gasteiger partial charge on any atom is 0.125 e. The van der Waals surface area contributed by atoms with Crippen LogP contribution in [0.15, 0.2) is 12.1 Å². The van der Waals surface area contributed by atoms with Gasteiger partial charge < -0.3 is 9.47 Å². The molecule has 2 heterocycles. The summed E-state index contributed by atoms with van der Waals surface area (Å²) in [5.74, 6) is 1.63. The summed E-state index contributed by atoms with van der Waals surface area (Å²) in [5.41, 5.74) is 2.41. The minimum absolute atomic E-state index is 0.00591. The van der Waals surface area contributed by atoms with Gasteiger partial charge >= 0.3 is 0 Å². The van der Waals surface area contributed by atoms with Crippen LogP contribution in [0.3, 0.4) is 0 Å².